The van der Waals surface area contributed by atoms with Crippen LogP contribution in [0.4, 0.5) is 0 Å². The van der Waals surface area contributed by atoms with E-state index in [0.717, 1.165) is 0 Å². The molecular weight excluding hydrogens is 288 g/mol. The fourth-order valence-corrected chi connectivity index (χ4v) is 4.35. The Morgan fingerprint density at radius 1 is 0.875 bits per heavy atom. The highest BCUT2D eigenvalue weighted by atomic mass is 14.3. The number of rotatable bonds is 5. The van der Waals surface area contributed by atoms with Crippen LogP contribution in [0, 0.1) is 0 Å². The maximum Gasteiger partial charge on any atom is -0.0146 e. The summed E-state index contributed by atoms with van der Waals surface area (Å²) in [4.78, 5) is 0. The minimum Gasteiger partial charge on any atom is -0.0648 e. The molecule has 3 aromatic carbocycles. The van der Waals surface area contributed by atoms with Gasteiger partial charge in [-0.15, -0.1) is 0 Å². The molecule has 0 radical (unpaired) electrons. The summed E-state index contributed by atoms with van der Waals surface area (Å²) in [5.74, 6) is 1.23. The number of benzene rings is 3. The molecule has 0 saturated carbocycles. The molecule has 24 heavy (non-hydrogen) atoms. The lowest BCUT2D eigenvalue weighted by Crippen LogP contribution is -2.12. The van der Waals surface area contributed by atoms with Crippen LogP contribution in [0.1, 0.15) is 60.8 Å². The summed E-state index contributed by atoms with van der Waals surface area (Å²) < 4.78 is 0. The Labute approximate surface area is 145 Å². The van der Waals surface area contributed by atoms with Gasteiger partial charge < -0.3 is 0 Å². The Balaban J connectivity index is 1.69. The van der Waals surface area contributed by atoms with Crippen molar-refractivity contribution in [2.45, 2.75) is 51.4 Å². The maximum atomic E-state index is 2.50. The van der Waals surface area contributed by atoms with Crippen LogP contribution in [0.2, 0.25) is 0 Å². The van der Waals surface area contributed by atoms with E-state index in [1.54, 1.807) is 16.7 Å². The largest absolute Gasteiger partial charge is 0.0648 e. The van der Waals surface area contributed by atoms with E-state index in [0.29, 0.717) is 11.8 Å². The van der Waals surface area contributed by atoms with Crippen molar-refractivity contribution >= 4 is 10.8 Å². The second-order valence-corrected chi connectivity index (χ2v) is 7.30. The van der Waals surface area contributed by atoms with Gasteiger partial charge in [-0.2, -0.15) is 0 Å². The molecule has 2 unspecified atom stereocenters. The highest BCUT2D eigenvalue weighted by Crippen LogP contribution is 2.39. The molecule has 0 nitrogen and oxygen atoms in total. The van der Waals surface area contributed by atoms with Gasteiger partial charge in [-0.3, -0.25) is 0 Å². The third-order valence-corrected chi connectivity index (χ3v) is 5.86. The summed E-state index contributed by atoms with van der Waals surface area (Å²) in [6, 6.07) is 22.6. The lowest BCUT2D eigenvalue weighted by atomic mass is 9.77. The van der Waals surface area contributed by atoms with Crippen LogP contribution >= 0.6 is 0 Å². The first-order valence-electron chi connectivity index (χ1n) is 9.36. The van der Waals surface area contributed by atoms with Crippen LogP contribution in [-0.4, -0.2) is 0 Å². The molecule has 0 amide bonds. The van der Waals surface area contributed by atoms with Crippen molar-refractivity contribution in [2.24, 2.45) is 0 Å². The molecule has 2 atom stereocenters. The van der Waals surface area contributed by atoms with Crippen molar-refractivity contribution in [1.29, 1.82) is 0 Å². The molecular formula is C24H26. The van der Waals surface area contributed by atoms with Gasteiger partial charge in [0.15, 0.2) is 0 Å². The Hall–Kier alpha value is -2.08. The number of fused-ring (bicyclic) bond motifs is 3. The van der Waals surface area contributed by atoms with Gasteiger partial charge in [0.1, 0.15) is 0 Å². The first kappa shape index (κ1) is 15.4. The fourth-order valence-electron chi connectivity index (χ4n) is 4.35. The molecule has 0 heterocycles. The third-order valence-electron chi connectivity index (χ3n) is 5.86. The van der Waals surface area contributed by atoms with Gasteiger partial charge >= 0.3 is 0 Å². The van der Waals surface area contributed by atoms with E-state index >= 15 is 0 Å². The van der Waals surface area contributed by atoms with Crippen LogP contribution in [0.15, 0.2) is 60.7 Å². The molecule has 3 aromatic rings. The summed E-state index contributed by atoms with van der Waals surface area (Å²) in [7, 11) is 0. The van der Waals surface area contributed by atoms with Crippen LogP contribution in [0.3, 0.4) is 0 Å². The number of hydrogen-bond donors (Lipinski definition) is 0. The predicted octanol–water partition coefficient (Wildman–Crippen LogP) is 6.63. The van der Waals surface area contributed by atoms with Gasteiger partial charge in [-0.1, -0.05) is 74.5 Å². The van der Waals surface area contributed by atoms with Crippen molar-refractivity contribution in [1.82, 2.24) is 0 Å². The lowest BCUT2D eigenvalue weighted by molar-refractivity contribution is 0.546. The lowest BCUT2D eigenvalue weighted by Gasteiger charge is -2.27. The smallest absolute Gasteiger partial charge is 0.0146 e. The molecule has 0 aliphatic heterocycles. The molecule has 0 bridgehead atoms. The first-order chi connectivity index (χ1) is 11.8. The first-order valence-corrected chi connectivity index (χ1v) is 9.36. The molecule has 4 rings (SSSR count). The second kappa shape index (κ2) is 6.43. The quantitative estimate of drug-likeness (QED) is 0.496. The molecule has 1 aliphatic carbocycles. The van der Waals surface area contributed by atoms with Crippen molar-refractivity contribution < 1.29 is 0 Å². The summed E-state index contributed by atoms with van der Waals surface area (Å²) >= 11 is 0. The van der Waals surface area contributed by atoms with E-state index in [2.05, 4.69) is 74.5 Å². The van der Waals surface area contributed by atoms with Crippen LogP contribution < -0.4 is 0 Å². The average molecular weight is 314 g/mol. The van der Waals surface area contributed by atoms with E-state index < -0.39 is 0 Å². The van der Waals surface area contributed by atoms with E-state index in [4.69, 9.17) is 0 Å². The van der Waals surface area contributed by atoms with Crippen molar-refractivity contribution in [3.05, 3.63) is 82.9 Å². The number of hydrogen-bond acceptors (Lipinski definition) is 0. The van der Waals surface area contributed by atoms with Crippen LogP contribution in [-0.2, 0) is 12.8 Å². The maximum absolute atomic E-state index is 2.50. The molecule has 0 saturated heterocycles. The zero-order valence-corrected chi connectivity index (χ0v) is 14.8. The Morgan fingerprint density at radius 2 is 1.58 bits per heavy atom. The number of aryl methyl sites for hydroxylation is 2. The zero-order chi connectivity index (χ0) is 16.5. The second-order valence-electron chi connectivity index (χ2n) is 7.30. The molecule has 1 aliphatic rings. The van der Waals surface area contributed by atoms with Gasteiger partial charge in [0.25, 0.3) is 0 Å². The van der Waals surface area contributed by atoms with Crippen LogP contribution in [0.5, 0.6) is 0 Å². The highest BCUT2D eigenvalue weighted by Gasteiger charge is 2.22. The third kappa shape index (κ3) is 2.65. The van der Waals surface area contributed by atoms with E-state index in [1.807, 2.05) is 0 Å². The van der Waals surface area contributed by atoms with Crippen molar-refractivity contribution in [3.63, 3.8) is 0 Å². The molecule has 0 aromatic heterocycles. The van der Waals surface area contributed by atoms with Crippen molar-refractivity contribution in [2.75, 3.05) is 0 Å². The predicted molar refractivity (Wildman–Crippen MR) is 104 cm³/mol. The molecule has 0 fully saturated rings. The van der Waals surface area contributed by atoms with Gasteiger partial charge in [0, 0.05) is 0 Å². The topological polar surface area (TPSA) is 0 Å². The minimum absolute atomic E-state index is 0.589. The molecule has 122 valence electrons. The molecule has 0 N–H and O–H groups in total. The van der Waals surface area contributed by atoms with Crippen molar-refractivity contribution in [3.8, 4) is 0 Å². The Kier molecular flexibility index (Phi) is 4.14. The molecule has 0 spiro atoms. The minimum atomic E-state index is 0.589. The monoisotopic (exact) mass is 314 g/mol. The van der Waals surface area contributed by atoms with Gasteiger partial charge in [0.05, 0.1) is 0 Å². The molecule has 0 heteroatoms. The SMILES string of the molecule is CCC(CC(C)c1cc2c(c3ccccc13)CC2)c1ccccc1. The summed E-state index contributed by atoms with van der Waals surface area (Å²) in [5.41, 5.74) is 6.22. The summed E-state index contributed by atoms with van der Waals surface area (Å²) in [5, 5.41) is 2.97. The van der Waals surface area contributed by atoms with Crippen LogP contribution in [0.25, 0.3) is 10.8 Å². The highest BCUT2D eigenvalue weighted by molar-refractivity contribution is 5.91. The summed E-state index contributed by atoms with van der Waals surface area (Å²) in [6.45, 7) is 4.73. The Morgan fingerprint density at radius 3 is 2.25 bits per heavy atom. The van der Waals surface area contributed by atoms with Gasteiger partial charge in [-0.05, 0) is 70.5 Å². The fraction of sp³-hybridized carbons (Fsp3) is 0.333. The van der Waals surface area contributed by atoms with E-state index in [-0.39, 0.29) is 0 Å². The van der Waals surface area contributed by atoms with Gasteiger partial charge in [0.2, 0.25) is 0 Å². The Bertz CT molecular complexity index is 845. The summed E-state index contributed by atoms with van der Waals surface area (Å²) in [6.07, 6.45) is 4.95. The normalized spacial score (nSPS) is 15.6. The zero-order valence-electron chi connectivity index (χ0n) is 14.8. The van der Waals surface area contributed by atoms with E-state index in [9.17, 15) is 0 Å². The van der Waals surface area contributed by atoms with Gasteiger partial charge in [-0.25, -0.2) is 0 Å². The standard InChI is InChI=1S/C24H26/c1-3-18(19-9-5-4-6-10-19)15-17(2)24-16-20-13-14-21(20)22-11-7-8-12-23(22)24/h4-12,16-18H,3,13-15H2,1-2H3. The average Bonchev–Trinajstić information content (AvgIpc) is 2.60. The van der Waals surface area contributed by atoms with E-state index in [1.165, 1.54) is 42.0 Å².